The molecule has 0 amide bonds. The van der Waals surface area contributed by atoms with Crippen molar-refractivity contribution >= 4 is 12.0 Å². The van der Waals surface area contributed by atoms with E-state index in [4.69, 9.17) is 5.73 Å². The number of nitrogens with two attached hydrogens (primary N) is 1. The van der Waals surface area contributed by atoms with Crippen LogP contribution in [0.1, 0.15) is 12.1 Å². The van der Waals surface area contributed by atoms with Crippen LogP contribution in [0.2, 0.25) is 0 Å². The van der Waals surface area contributed by atoms with Crippen molar-refractivity contribution in [1.29, 1.82) is 0 Å². The molecule has 4 atom stereocenters. The fourth-order valence-corrected chi connectivity index (χ4v) is 2.88. The zero-order chi connectivity index (χ0) is 12.8. The maximum Gasteiger partial charge on any atom is 0.186 e. The first-order valence-electron chi connectivity index (χ1n) is 6.05. The van der Waals surface area contributed by atoms with E-state index in [1.165, 1.54) is 0 Å². The Kier molecular flexibility index (Phi) is 2.61. The molecule has 1 aliphatic heterocycles. The van der Waals surface area contributed by atoms with Gasteiger partial charge >= 0.3 is 0 Å². The Bertz CT molecular complexity index is 474. The molecule has 6 N–H and O–H groups in total. The van der Waals surface area contributed by atoms with Gasteiger partial charge in [0.15, 0.2) is 11.6 Å². The monoisotopic (exact) mass is 251 g/mol. The predicted molar refractivity (Wildman–Crippen MR) is 66.0 cm³/mol. The summed E-state index contributed by atoms with van der Waals surface area (Å²) in [6.07, 6.45) is 4.00. The lowest BCUT2D eigenvalue weighted by Gasteiger charge is -2.50. The number of imidazole rings is 1. The molecule has 3 rings (SSSR count). The molecule has 0 bridgehead atoms. The fourth-order valence-electron chi connectivity index (χ4n) is 2.88. The van der Waals surface area contributed by atoms with E-state index in [1.54, 1.807) is 12.5 Å². The molecule has 2 aliphatic rings. The minimum absolute atomic E-state index is 0.000694. The molecule has 1 aliphatic carbocycles. The largest absolute Gasteiger partial charge is 0.396 e. The second-order valence-corrected chi connectivity index (χ2v) is 5.00. The van der Waals surface area contributed by atoms with Crippen molar-refractivity contribution in [3.8, 4) is 0 Å². The van der Waals surface area contributed by atoms with E-state index in [-0.39, 0.29) is 31.0 Å². The molecule has 18 heavy (non-hydrogen) atoms. The minimum atomic E-state index is -0.943. The summed E-state index contributed by atoms with van der Waals surface area (Å²) >= 11 is 0. The van der Waals surface area contributed by atoms with Crippen LogP contribution in [-0.4, -0.2) is 45.4 Å². The zero-order valence-electron chi connectivity index (χ0n) is 9.87. The van der Waals surface area contributed by atoms with E-state index in [2.05, 4.69) is 20.3 Å². The number of aliphatic hydroxyl groups is 2. The summed E-state index contributed by atoms with van der Waals surface area (Å²) in [6.45, 7) is 0.0919. The maximum absolute atomic E-state index is 9.39. The maximum atomic E-state index is 9.39. The van der Waals surface area contributed by atoms with E-state index in [1.807, 2.05) is 0 Å². The van der Waals surface area contributed by atoms with Crippen LogP contribution in [0, 0.1) is 17.8 Å². The van der Waals surface area contributed by atoms with E-state index >= 15 is 0 Å². The van der Waals surface area contributed by atoms with Gasteiger partial charge in [0.1, 0.15) is 5.69 Å². The fraction of sp³-hybridized carbons (Fsp3) is 0.636. The number of fused-ring (bicyclic) bond motifs is 1. The summed E-state index contributed by atoms with van der Waals surface area (Å²) in [5, 5.41) is 21.7. The van der Waals surface area contributed by atoms with Crippen LogP contribution in [0.25, 0.3) is 0 Å². The zero-order valence-corrected chi connectivity index (χ0v) is 9.87. The van der Waals surface area contributed by atoms with Gasteiger partial charge in [-0.05, 0) is 18.3 Å². The van der Waals surface area contributed by atoms with Gasteiger partial charge in [-0.25, -0.2) is 9.98 Å². The topological polar surface area (TPSA) is 120 Å². The number of rotatable bonds is 3. The summed E-state index contributed by atoms with van der Waals surface area (Å²) in [4.78, 5) is 11.4. The van der Waals surface area contributed by atoms with Gasteiger partial charge in [0.2, 0.25) is 0 Å². The lowest BCUT2D eigenvalue weighted by Crippen LogP contribution is -2.62. The average molecular weight is 251 g/mol. The highest BCUT2D eigenvalue weighted by atomic mass is 16.3. The lowest BCUT2D eigenvalue weighted by molar-refractivity contribution is -0.0441. The van der Waals surface area contributed by atoms with Crippen molar-refractivity contribution < 1.29 is 10.2 Å². The minimum Gasteiger partial charge on any atom is -0.396 e. The number of nitrogens with zero attached hydrogens (tertiary/aromatic N) is 2. The van der Waals surface area contributed by atoms with Gasteiger partial charge in [-0.15, -0.1) is 0 Å². The van der Waals surface area contributed by atoms with Crippen LogP contribution in [0.15, 0.2) is 11.3 Å². The van der Waals surface area contributed by atoms with Gasteiger partial charge in [-0.3, -0.25) is 5.73 Å². The van der Waals surface area contributed by atoms with E-state index in [0.717, 1.165) is 12.1 Å². The molecule has 1 fully saturated rings. The smallest absolute Gasteiger partial charge is 0.186 e. The number of hydrogen-bond donors (Lipinski definition) is 5. The molecule has 2 heterocycles. The number of hydrogen-bond acceptors (Lipinski definition) is 6. The van der Waals surface area contributed by atoms with Crippen molar-refractivity contribution in [3.05, 3.63) is 12.0 Å². The normalized spacial score (nSPS) is 37.8. The van der Waals surface area contributed by atoms with E-state index in [0.29, 0.717) is 5.82 Å². The van der Waals surface area contributed by atoms with Crippen molar-refractivity contribution in [3.63, 3.8) is 0 Å². The van der Waals surface area contributed by atoms with Crippen molar-refractivity contribution in [2.45, 2.75) is 12.2 Å². The standard InChI is InChI=1S/C11H17N5O2/c12-11(8-1-6(3-17)7(8)4-18)15-2-9-10(16-11)14-5-13-9/h2,5-8,16-18H,1,3-4,12H2,(H,13,14). The van der Waals surface area contributed by atoms with Crippen LogP contribution in [0.4, 0.5) is 5.82 Å². The molecule has 0 saturated heterocycles. The van der Waals surface area contributed by atoms with Crippen molar-refractivity contribution in [2.24, 2.45) is 28.5 Å². The highest BCUT2D eigenvalue weighted by Gasteiger charge is 2.51. The summed E-state index contributed by atoms with van der Waals surface area (Å²) in [7, 11) is 0. The average Bonchev–Trinajstić information content (AvgIpc) is 2.75. The Morgan fingerprint density at radius 2 is 2.28 bits per heavy atom. The molecule has 1 aromatic rings. The molecular formula is C11H17N5O2. The van der Waals surface area contributed by atoms with Gasteiger partial charge in [0.05, 0.1) is 12.5 Å². The van der Waals surface area contributed by atoms with Crippen molar-refractivity contribution in [1.82, 2.24) is 9.97 Å². The number of H-pyrrole nitrogens is 1. The summed E-state index contributed by atoms with van der Waals surface area (Å²) < 4.78 is 0. The predicted octanol–water partition coefficient (Wildman–Crippen LogP) is -0.897. The number of nitrogens with one attached hydrogen (secondary N) is 2. The summed E-state index contributed by atoms with van der Waals surface area (Å²) in [5.41, 5.74) is 7.07. The number of anilines is 1. The Morgan fingerprint density at radius 3 is 3.00 bits per heavy atom. The molecule has 1 saturated carbocycles. The third-order valence-electron chi connectivity index (χ3n) is 4.08. The molecule has 7 heteroatoms. The highest BCUT2D eigenvalue weighted by Crippen LogP contribution is 2.46. The van der Waals surface area contributed by atoms with E-state index < -0.39 is 5.79 Å². The second kappa shape index (κ2) is 4.04. The SMILES string of the molecule is NC1(C2CC(CO)C2CO)N=Cc2[nH]cnc2N1. The van der Waals surface area contributed by atoms with Gasteiger partial charge < -0.3 is 20.5 Å². The Balaban J connectivity index is 1.81. The number of aromatic nitrogens is 2. The third kappa shape index (κ3) is 1.55. The Labute approximate surface area is 104 Å². The summed E-state index contributed by atoms with van der Waals surface area (Å²) in [6, 6.07) is 0. The van der Waals surface area contributed by atoms with Crippen LogP contribution in [-0.2, 0) is 0 Å². The second-order valence-electron chi connectivity index (χ2n) is 5.00. The number of aliphatic imine (C=N–C) groups is 1. The lowest BCUT2D eigenvalue weighted by atomic mass is 9.62. The molecule has 7 nitrogen and oxygen atoms in total. The van der Waals surface area contributed by atoms with E-state index in [9.17, 15) is 10.2 Å². The first kappa shape index (κ1) is 11.6. The van der Waals surface area contributed by atoms with Gasteiger partial charge in [0.25, 0.3) is 0 Å². The molecule has 1 aromatic heterocycles. The quantitative estimate of drug-likeness (QED) is 0.477. The van der Waals surface area contributed by atoms with Crippen LogP contribution >= 0.6 is 0 Å². The van der Waals surface area contributed by atoms with Gasteiger partial charge in [-0.2, -0.15) is 0 Å². The first-order valence-corrected chi connectivity index (χ1v) is 6.05. The number of aliphatic hydroxyl groups excluding tert-OH is 2. The molecule has 0 radical (unpaired) electrons. The molecular weight excluding hydrogens is 234 g/mol. The van der Waals surface area contributed by atoms with Gasteiger partial charge in [0, 0.05) is 19.1 Å². The van der Waals surface area contributed by atoms with Crippen molar-refractivity contribution in [2.75, 3.05) is 18.5 Å². The Morgan fingerprint density at radius 1 is 1.44 bits per heavy atom. The molecule has 98 valence electrons. The first-order chi connectivity index (χ1) is 8.68. The molecule has 0 aromatic carbocycles. The van der Waals surface area contributed by atoms with Crippen LogP contribution in [0.3, 0.4) is 0 Å². The Hall–Kier alpha value is -1.44. The van der Waals surface area contributed by atoms with Gasteiger partial charge in [-0.1, -0.05) is 0 Å². The summed E-state index contributed by atoms with van der Waals surface area (Å²) in [5.74, 6) is -0.179. The van der Waals surface area contributed by atoms with Crippen LogP contribution in [0.5, 0.6) is 0 Å². The van der Waals surface area contributed by atoms with Crippen LogP contribution < -0.4 is 11.1 Å². The number of aromatic amines is 1. The molecule has 0 spiro atoms. The molecule has 4 unspecified atom stereocenters. The highest BCUT2D eigenvalue weighted by molar-refractivity contribution is 5.86. The third-order valence-corrected chi connectivity index (χ3v) is 4.08.